The fourth-order valence-electron chi connectivity index (χ4n) is 3.17. The number of carbonyl (C=O) groups is 1. The Kier molecular flexibility index (Phi) is 4.61. The fraction of sp³-hybridized carbons (Fsp3) is 0.500. The maximum absolute atomic E-state index is 12.6. The van der Waals surface area contributed by atoms with Gasteiger partial charge >= 0.3 is 0 Å². The molecule has 7 heteroatoms. The summed E-state index contributed by atoms with van der Waals surface area (Å²) in [6, 6.07) is 7.80. The number of nitrogens with zero attached hydrogens (tertiary/aromatic N) is 5. The first-order valence-electron chi connectivity index (χ1n) is 7.89. The fourth-order valence-corrected chi connectivity index (χ4v) is 3.36. The van der Waals surface area contributed by atoms with E-state index in [0.29, 0.717) is 10.8 Å². The standard InChI is InChI=1S/C16H20ClN5O/c1-11-5-3-6-12(2)22(11)15(23)10-21-19-16(18-20-21)13-7-4-8-14(17)9-13/h4,7-9,11-12H,3,5-6,10H2,1-2H3/t11-,12-/m0/s1. The van der Waals surface area contributed by atoms with Crippen molar-refractivity contribution in [3.63, 3.8) is 0 Å². The van der Waals surface area contributed by atoms with Gasteiger partial charge in [0.2, 0.25) is 11.7 Å². The van der Waals surface area contributed by atoms with Gasteiger partial charge in [-0.25, -0.2) is 0 Å². The van der Waals surface area contributed by atoms with E-state index in [1.807, 2.05) is 17.0 Å². The molecule has 1 amide bonds. The predicted molar refractivity (Wildman–Crippen MR) is 87.9 cm³/mol. The van der Waals surface area contributed by atoms with Crippen LogP contribution in [-0.2, 0) is 11.3 Å². The minimum Gasteiger partial charge on any atom is -0.336 e. The molecule has 2 aromatic rings. The van der Waals surface area contributed by atoms with Gasteiger partial charge in [0.25, 0.3) is 0 Å². The lowest BCUT2D eigenvalue weighted by Crippen LogP contribution is -2.48. The molecule has 2 heterocycles. The molecule has 0 radical (unpaired) electrons. The van der Waals surface area contributed by atoms with Gasteiger partial charge in [-0.1, -0.05) is 23.7 Å². The highest BCUT2D eigenvalue weighted by atomic mass is 35.5. The Morgan fingerprint density at radius 2 is 2.04 bits per heavy atom. The van der Waals surface area contributed by atoms with E-state index in [4.69, 9.17) is 11.6 Å². The Morgan fingerprint density at radius 1 is 1.30 bits per heavy atom. The molecule has 122 valence electrons. The lowest BCUT2D eigenvalue weighted by Gasteiger charge is -2.38. The van der Waals surface area contributed by atoms with E-state index < -0.39 is 0 Å². The highest BCUT2D eigenvalue weighted by Crippen LogP contribution is 2.23. The van der Waals surface area contributed by atoms with Crippen LogP contribution in [0.15, 0.2) is 24.3 Å². The third kappa shape index (κ3) is 3.52. The van der Waals surface area contributed by atoms with Gasteiger partial charge in [0.1, 0.15) is 6.54 Å². The first kappa shape index (κ1) is 15.9. The minimum atomic E-state index is 0.0414. The van der Waals surface area contributed by atoms with Gasteiger partial charge in [0, 0.05) is 22.7 Å². The molecular weight excluding hydrogens is 314 g/mol. The monoisotopic (exact) mass is 333 g/mol. The van der Waals surface area contributed by atoms with Gasteiger partial charge in [-0.05, 0) is 50.5 Å². The van der Waals surface area contributed by atoms with E-state index in [2.05, 4.69) is 29.3 Å². The summed E-state index contributed by atoms with van der Waals surface area (Å²) in [5.74, 6) is 0.514. The second-order valence-corrected chi connectivity index (χ2v) is 6.52. The summed E-state index contributed by atoms with van der Waals surface area (Å²) in [5, 5.41) is 12.9. The molecule has 1 fully saturated rings. The van der Waals surface area contributed by atoms with E-state index in [0.717, 1.165) is 18.4 Å². The van der Waals surface area contributed by atoms with Crippen LogP contribution < -0.4 is 0 Å². The summed E-state index contributed by atoms with van der Waals surface area (Å²) >= 11 is 5.98. The van der Waals surface area contributed by atoms with Crippen LogP contribution in [0.25, 0.3) is 11.4 Å². The summed E-state index contributed by atoms with van der Waals surface area (Å²) in [7, 11) is 0. The number of halogens is 1. The zero-order chi connectivity index (χ0) is 16.4. The van der Waals surface area contributed by atoms with Crippen molar-refractivity contribution in [1.29, 1.82) is 0 Å². The second-order valence-electron chi connectivity index (χ2n) is 6.08. The van der Waals surface area contributed by atoms with Crippen molar-refractivity contribution in [2.45, 2.75) is 51.7 Å². The Morgan fingerprint density at radius 3 is 2.74 bits per heavy atom. The summed E-state index contributed by atoms with van der Waals surface area (Å²) < 4.78 is 0. The third-order valence-corrected chi connectivity index (χ3v) is 4.53. The van der Waals surface area contributed by atoms with Gasteiger partial charge in [-0.3, -0.25) is 4.79 Å². The quantitative estimate of drug-likeness (QED) is 0.866. The smallest absolute Gasteiger partial charge is 0.246 e. The average Bonchev–Trinajstić information content (AvgIpc) is 2.95. The van der Waals surface area contributed by atoms with E-state index in [1.54, 1.807) is 12.1 Å². The number of piperidine rings is 1. The van der Waals surface area contributed by atoms with Crippen molar-refractivity contribution in [2.75, 3.05) is 0 Å². The molecule has 1 aliphatic heterocycles. The molecule has 1 aliphatic rings. The van der Waals surface area contributed by atoms with E-state index in [-0.39, 0.29) is 24.5 Å². The Labute approximate surface area is 140 Å². The highest BCUT2D eigenvalue weighted by Gasteiger charge is 2.29. The summed E-state index contributed by atoms with van der Waals surface area (Å²) in [4.78, 5) is 15.9. The number of hydrogen-bond acceptors (Lipinski definition) is 4. The van der Waals surface area contributed by atoms with Crippen LogP contribution in [0.2, 0.25) is 5.02 Å². The molecule has 23 heavy (non-hydrogen) atoms. The molecule has 0 bridgehead atoms. The molecule has 0 aliphatic carbocycles. The lowest BCUT2D eigenvalue weighted by atomic mass is 9.97. The van der Waals surface area contributed by atoms with Gasteiger partial charge < -0.3 is 4.90 Å². The summed E-state index contributed by atoms with van der Waals surface area (Å²) in [5.41, 5.74) is 0.788. The van der Waals surface area contributed by atoms with Crippen LogP contribution in [0.4, 0.5) is 0 Å². The third-order valence-electron chi connectivity index (χ3n) is 4.29. The molecule has 0 N–H and O–H groups in total. The molecule has 1 aromatic heterocycles. The number of amides is 1. The largest absolute Gasteiger partial charge is 0.336 e. The normalized spacial score (nSPS) is 21.4. The van der Waals surface area contributed by atoms with E-state index in [1.165, 1.54) is 11.2 Å². The molecular formula is C16H20ClN5O. The van der Waals surface area contributed by atoms with Crippen LogP contribution in [0.1, 0.15) is 33.1 Å². The second kappa shape index (κ2) is 6.66. The molecule has 0 saturated carbocycles. The predicted octanol–water partition coefficient (Wildman–Crippen LogP) is 2.78. The topological polar surface area (TPSA) is 63.9 Å². The molecule has 1 saturated heterocycles. The Bertz CT molecular complexity index is 691. The SMILES string of the molecule is C[C@H]1CCC[C@H](C)N1C(=O)Cn1nnc(-c2cccc(Cl)c2)n1. The first-order chi connectivity index (χ1) is 11.0. The van der Waals surface area contributed by atoms with Crippen molar-refractivity contribution >= 4 is 17.5 Å². The van der Waals surface area contributed by atoms with E-state index >= 15 is 0 Å². The van der Waals surface area contributed by atoms with Crippen LogP contribution >= 0.6 is 11.6 Å². The van der Waals surface area contributed by atoms with Crippen molar-refractivity contribution in [2.24, 2.45) is 0 Å². The number of benzene rings is 1. The van der Waals surface area contributed by atoms with Crippen LogP contribution in [0, 0.1) is 0 Å². The van der Waals surface area contributed by atoms with Crippen LogP contribution in [0.3, 0.4) is 0 Å². The molecule has 0 spiro atoms. The van der Waals surface area contributed by atoms with Crippen LogP contribution in [-0.4, -0.2) is 43.1 Å². The molecule has 3 rings (SSSR count). The van der Waals surface area contributed by atoms with Gasteiger partial charge in [0.15, 0.2) is 0 Å². The van der Waals surface area contributed by atoms with Crippen LogP contribution in [0.5, 0.6) is 0 Å². The minimum absolute atomic E-state index is 0.0414. The molecule has 0 unspecified atom stereocenters. The van der Waals surface area contributed by atoms with Crippen molar-refractivity contribution in [3.05, 3.63) is 29.3 Å². The number of carbonyl (C=O) groups excluding carboxylic acids is 1. The van der Waals surface area contributed by atoms with Crippen molar-refractivity contribution in [1.82, 2.24) is 25.1 Å². The number of hydrogen-bond donors (Lipinski definition) is 0. The molecule has 1 aromatic carbocycles. The first-order valence-corrected chi connectivity index (χ1v) is 8.27. The van der Waals surface area contributed by atoms with E-state index in [9.17, 15) is 4.79 Å². The van der Waals surface area contributed by atoms with Crippen molar-refractivity contribution < 1.29 is 4.79 Å². The Balaban J connectivity index is 1.72. The highest BCUT2D eigenvalue weighted by molar-refractivity contribution is 6.30. The molecule has 2 atom stereocenters. The van der Waals surface area contributed by atoms with Gasteiger partial charge in [-0.2, -0.15) is 4.80 Å². The number of aromatic nitrogens is 4. The summed E-state index contributed by atoms with van der Waals surface area (Å²) in [6.45, 7) is 4.31. The number of rotatable bonds is 3. The van der Waals surface area contributed by atoms with Crippen molar-refractivity contribution in [3.8, 4) is 11.4 Å². The average molecular weight is 334 g/mol. The van der Waals surface area contributed by atoms with Gasteiger partial charge in [0.05, 0.1) is 0 Å². The molecule has 6 nitrogen and oxygen atoms in total. The maximum Gasteiger partial charge on any atom is 0.246 e. The lowest BCUT2D eigenvalue weighted by molar-refractivity contribution is -0.138. The zero-order valence-electron chi connectivity index (χ0n) is 13.3. The summed E-state index contributed by atoms with van der Waals surface area (Å²) in [6.07, 6.45) is 3.27. The number of likely N-dealkylation sites (tertiary alicyclic amines) is 1. The Hall–Kier alpha value is -1.95. The maximum atomic E-state index is 12.6. The van der Waals surface area contributed by atoms with Gasteiger partial charge in [-0.15, -0.1) is 10.2 Å². The zero-order valence-corrected chi connectivity index (χ0v) is 14.1. The number of tetrazole rings is 1.